The van der Waals surface area contributed by atoms with Gasteiger partial charge in [0.15, 0.2) is 0 Å². The Morgan fingerprint density at radius 2 is 1.14 bits per heavy atom. The standard InChI is InChI=1S/C39H52N4O6/c1-26(2)21-33(37(47)41-32(35(40)45)24-29-19-13-8-14-20-29)42-36(46)30(22-27-15-9-6-10-16-27)25-34(44)31(23-28-17-11-7-12-18-28)43-38(48)49-39(3,4)5/h6-20,26,30-34,44H,21-25H2,1-5H3,(H2,40,45)(H,41,47)(H,42,46)(H,43,48)/t30?,31-,32?,33-,34+/m0/s1. The van der Waals surface area contributed by atoms with Crippen molar-refractivity contribution in [1.82, 2.24) is 16.0 Å². The van der Waals surface area contributed by atoms with Gasteiger partial charge in [-0.25, -0.2) is 4.79 Å². The summed E-state index contributed by atoms with van der Waals surface area (Å²) in [6.45, 7) is 9.14. The van der Waals surface area contributed by atoms with Crippen molar-refractivity contribution < 1.29 is 29.0 Å². The summed E-state index contributed by atoms with van der Waals surface area (Å²) in [5.74, 6) is -2.37. The van der Waals surface area contributed by atoms with E-state index in [0.29, 0.717) is 12.8 Å². The molecule has 0 spiro atoms. The van der Waals surface area contributed by atoms with Crippen LogP contribution in [0.15, 0.2) is 91.0 Å². The van der Waals surface area contributed by atoms with Crippen molar-refractivity contribution in [2.24, 2.45) is 17.6 Å². The molecule has 3 rings (SSSR count). The molecule has 3 aromatic rings. The van der Waals surface area contributed by atoms with Crippen LogP contribution in [0.2, 0.25) is 0 Å². The first-order chi connectivity index (χ1) is 23.2. The van der Waals surface area contributed by atoms with E-state index in [1.165, 1.54) is 0 Å². The van der Waals surface area contributed by atoms with Gasteiger partial charge in [-0.15, -0.1) is 0 Å². The number of nitrogens with one attached hydrogen (secondary N) is 3. The van der Waals surface area contributed by atoms with Crippen molar-refractivity contribution in [3.8, 4) is 0 Å². The molecule has 3 aromatic carbocycles. The molecule has 5 atom stereocenters. The molecule has 2 unspecified atom stereocenters. The highest BCUT2D eigenvalue weighted by Gasteiger charge is 2.33. The molecule has 264 valence electrons. The van der Waals surface area contributed by atoms with E-state index in [1.807, 2.05) is 105 Å². The second kappa shape index (κ2) is 18.7. The lowest BCUT2D eigenvalue weighted by Gasteiger charge is -2.30. The third-order valence-corrected chi connectivity index (χ3v) is 7.97. The molecule has 10 nitrogen and oxygen atoms in total. The highest BCUT2D eigenvalue weighted by molar-refractivity contribution is 5.92. The lowest BCUT2D eigenvalue weighted by atomic mass is 9.88. The molecule has 0 aromatic heterocycles. The Morgan fingerprint density at radius 1 is 0.673 bits per heavy atom. The van der Waals surface area contributed by atoms with E-state index in [4.69, 9.17) is 10.5 Å². The lowest BCUT2D eigenvalue weighted by molar-refractivity contribution is -0.133. The van der Waals surface area contributed by atoms with E-state index in [9.17, 15) is 24.3 Å². The Bertz CT molecular complexity index is 1480. The van der Waals surface area contributed by atoms with Crippen LogP contribution >= 0.6 is 0 Å². The summed E-state index contributed by atoms with van der Waals surface area (Å²) in [7, 11) is 0. The van der Waals surface area contributed by atoms with Crippen LogP contribution in [0.4, 0.5) is 4.79 Å². The van der Waals surface area contributed by atoms with Gasteiger partial charge in [0.05, 0.1) is 12.1 Å². The Balaban J connectivity index is 1.85. The van der Waals surface area contributed by atoms with Crippen LogP contribution in [0, 0.1) is 11.8 Å². The molecule has 0 saturated heterocycles. The zero-order valence-corrected chi connectivity index (χ0v) is 29.2. The maximum atomic E-state index is 14.1. The summed E-state index contributed by atoms with van der Waals surface area (Å²) in [5, 5.41) is 20.1. The van der Waals surface area contributed by atoms with E-state index in [1.54, 1.807) is 20.8 Å². The van der Waals surface area contributed by atoms with Gasteiger partial charge >= 0.3 is 6.09 Å². The minimum absolute atomic E-state index is 0.0119. The molecule has 10 heteroatoms. The summed E-state index contributed by atoms with van der Waals surface area (Å²) < 4.78 is 5.49. The van der Waals surface area contributed by atoms with Crippen LogP contribution in [0.5, 0.6) is 0 Å². The monoisotopic (exact) mass is 672 g/mol. The Hall–Kier alpha value is -4.70. The molecule has 0 aliphatic carbocycles. The third kappa shape index (κ3) is 14.1. The number of nitrogens with two attached hydrogens (primary N) is 1. The van der Waals surface area contributed by atoms with Gasteiger partial charge < -0.3 is 31.5 Å². The predicted molar refractivity (Wildman–Crippen MR) is 190 cm³/mol. The van der Waals surface area contributed by atoms with Crippen molar-refractivity contribution in [2.75, 3.05) is 0 Å². The molecule has 6 N–H and O–H groups in total. The van der Waals surface area contributed by atoms with E-state index in [2.05, 4.69) is 16.0 Å². The number of ether oxygens (including phenoxy) is 1. The Morgan fingerprint density at radius 3 is 1.61 bits per heavy atom. The second-order valence-electron chi connectivity index (χ2n) is 14.0. The van der Waals surface area contributed by atoms with Gasteiger partial charge in [0.2, 0.25) is 17.7 Å². The molecule has 49 heavy (non-hydrogen) atoms. The van der Waals surface area contributed by atoms with Crippen LogP contribution in [0.1, 0.15) is 64.2 Å². The van der Waals surface area contributed by atoms with Gasteiger partial charge in [-0.05, 0) is 69.1 Å². The summed E-state index contributed by atoms with van der Waals surface area (Å²) in [6.07, 6.45) is -0.731. The first-order valence-electron chi connectivity index (χ1n) is 16.9. The molecular formula is C39H52N4O6. The van der Waals surface area contributed by atoms with Crippen molar-refractivity contribution in [3.05, 3.63) is 108 Å². The highest BCUT2D eigenvalue weighted by atomic mass is 16.6. The molecule has 4 amide bonds. The quantitative estimate of drug-likeness (QED) is 0.142. The highest BCUT2D eigenvalue weighted by Crippen LogP contribution is 2.20. The molecule has 0 radical (unpaired) electrons. The number of amides is 4. The Labute approximate surface area is 290 Å². The number of benzene rings is 3. The van der Waals surface area contributed by atoms with Gasteiger partial charge in [0.1, 0.15) is 17.7 Å². The van der Waals surface area contributed by atoms with E-state index >= 15 is 0 Å². The van der Waals surface area contributed by atoms with Crippen molar-refractivity contribution in [2.45, 2.75) is 96.6 Å². The van der Waals surface area contributed by atoms with Crippen LogP contribution in [-0.2, 0) is 38.4 Å². The fourth-order valence-corrected chi connectivity index (χ4v) is 5.59. The summed E-state index contributed by atoms with van der Waals surface area (Å²) in [4.78, 5) is 52.9. The lowest BCUT2D eigenvalue weighted by Crippen LogP contribution is -2.55. The van der Waals surface area contributed by atoms with E-state index < -0.39 is 59.6 Å². The number of hydrogen-bond acceptors (Lipinski definition) is 6. The van der Waals surface area contributed by atoms with Crippen LogP contribution in [0.3, 0.4) is 0 Å². The number of primary amides is 1. The van der Waals surface area contributed by atoms with E-state index in [-0.39, 0.29) is 25.2 Å². The van der Waals surface area contributed by atoms with Gasteiger partial charge in [0, 0.05) is 12.3 Å². The number of alkyl carbamates (subject to hydrolysis) is 1. The largest absolute Gasteiger partial charge is 0.444 e. The SMILES string of the molecule is CC(C)C[C@H](NC(=O)C(Cc1ccccc1)C[C@@H](O)[C@H](Cc1ccccc1)NC(=O)OC(C)(C)C)C(=O)NC(Cc1ccccc1)C(N)=O. The molecule has 0 heterocycles. The van der Waals surface area contributed by atoms with Crippen molar-refractivity contribution >= 4 is 23.8 Å². The fraction of sp³-hybridized carbons (Fsp3) is 0.436. The maximum absolute atomic E-state index is 14.1. The Kier molecular flexibility index (Phi) is 14.8. The molecule has 0 aliphatic rings. The summed E-state index contributed by atoms with van der Waals surface area (Å²) in [5.41, 5.74) is 7.51. The zero-order chi connectivity index (χ0) is 36.0. The molecule has 0 aliphatic heterocycles. The summed E-state index contributed by atoms with van der Waals surface area (Å²) >= 11 is 0. The number of hydrogen-bond donors (Lipinski definition) is 5. The number of aliphatic hydroxyl groups is 1. The van der Waals surface area contributed by atoms with Crippen molar-refractivity contribution in [1.29, 1.82) is 0 Å². The van der Waals surface area contributed by atoms with Gasteiger partial charge in [-0.3, -0.25) is 14.4 Å². The van der Waals surface area contributed by atoms with Crippen LogP contribution in [0.25, 0.3) is 0 Å². The minimum Gasteiger partial charge on any atom is -0.444 e. The number of rotatable bonds is 17. The third-order valence-electron chi connectivity index (χ3n) is 7.97. The molecule has 0 fully saturated rings. The van der Waals surface area contributed by atoms with E-state index in [0.717, 1.165) is 16.7 Å². The molecule has 0 bridgehead atoms. The average Bonchev–Trinajstić information content (AvgIpc) is 3.03. The first-order valence-corrected chi connectivity index (χ1v) is 16.9. The topological polar surface area (TPSA) is 160 Å². The van der Waals surface area contributed by atoms with Crippen LogP contribution in [-0.4, -0.2) is 58.8 Å². The number of carbonyl (C=O) groups excluding carboxylic acids is 4. The summed E-state index contributed by atoms with van der Waals surface area (Å²) in [6, 6.07) is 25.4. The smallest absolute Gasteiger partial charge is 0.407 e. The minimum atomic E-state index is -1.14. The fourth-order valence-electron chi connectivity index (χ4n) is 5.59. The second-order valence-corrected chi connectivity index (χ2v) is 14.0. The van der Waals surface area contributed by atoms with Crippen LogP contribution < -0.4 is 21.7 Å². The molecular weight excluding hydrogens is 620 g/mol. The molecule has 0 saturated carbocycles. The first kappa shape index (κ1) is 38.7. The van der Waals surface area contributed by atoms with Gasteiger partial charge in [-0.2, -0.15) is 0 Å². The normalized spacial score (nSPS) is 14.5. The zero-order valence-electron chi connectivity index (χ0n) is 29.2. The number of aliphatic hydroxyl groups excluding tert-OH is 1. The van der Waals surface area contributed by atoms with Gasteiger partial charge in [0.25, 0.3) is 0 Å². The average molecular weight is 673 g/mol. The maximum Gasteiger partial charge on any atom is 0.407 e. The number of carbonyl (C=O) groups is 4. The van der Waals surface area contributed by atoms with Gasteiger partial charge in [-0.1, -0.05) is 105 Å². The predicted octanol–water partition coefficient (Wildman–Crippen LogP) is 4.48. The van der Waals surface area contributed by atoms with Crippen molar-refractivity contribution in [3.63, 3.8) is 0 Å².